The number of rotatable bonds is 12. The molecule has 1 aromatic rings. The zero-order chi connectivity index (χ0) is 24.0. The van der Waals surface area contributed by atoms with Crippen molar-refractivity contribution in [1.29, 1.82) is 10.5 Å². The Kier molecular flexibility index (Phi) is 11.5. The number of nitrogens with zero attached hydrogens (tertiary/aromatic N) is 4. The largest absolute Gasteiger partial charge is 0.492 e. The van der Waals surface area contributed by atoms with Crippen LogP contribution in [0.5, 0.6) is 11.5 Å². The normalized spacial score (nSPS) is 12.4. The molecule has 0 fully saturated rings. The van der Waals surface area contributed by atoms with Crippen LogP contribution in [0.2, 0.25) is 0 Å². The van der Waals surface area contributed by atoms with Gasteiger partial charge >= 0.3 is 10.4 Å². The standard InChI is InChI=1S/C16H12N4O10S2/c1-19-13(9-17)11-8-16(26-4-6-28-32(22,23)24)12(14(10-18)20-2)7-15(11)25-3-5-27-31-30-29-21/h7-8,21H,3-6H2,(H,22,23,24). The molecule has 0 aromatic heterocycles. The Morgan fingerprint density at radius 2 is 1.50 bits per heavy atom. The van der Waals surface area contributed by atoms with Crippen LogP contribution >= 0.6 is 12.3 Å². The summed E-state index contributed by atoms with van der Waals surface area (Å²) in [5.74, 6) is -0.200. The first-order chi connectivity index (χ1) is 15.3. The van der Waals surface area contributed by atoms with Crippen molar-refractivity contribution in [3.05, 3.63) is 45.4 Å². The summed E-state index contributed by atoms with van der Waals surface area (Å²) in [6.07, 6.45) is 0. The van der Waals surface area contributed by atoms with Crippen LogP contribution in [-0.2, 0) is 28.1 Å². The SMILES string of the molecule is [C-]#[N+]C(C#N)=c1cc(OCCOS(=O)(=O)O)c(=C(C#N)[N+]#[C-])cc1OCCOSOOO. The van der Waals surface area contributed by atoms with E-state index in [4.69, 9.17) is 36.6 Å². The van der Waals surface area contributed by atoms with Crippen molar-refractivity contribution < 1.29 is 45.4 Å². The van der Waals surface area contributed by atoms with Crippen LogP contribution in [0.1, 0.15) is 0 Å². The van der Waals surface area contributed by atoms with Gasteiger partial charge in [-0.1, -0.05) is 5.04 Å². The molecule has 0 bridgehead atoms. The third kappa shape index (κ3) is 8.75. The molecule has 2 N–H and O–H groups in total. The summed E-state index contributed by atoms with van der Waals surface area (Å²) in [7, 11) is -4.71. The molecule has 0 aliphatic heterocycles. The fourth-order valence-electron chi connectivity index (χ4n) is 2.00. The van der Waals surface area contributed by atoms with Gasteiger partial charge in [0.25, 0.3) is 11.4 Å². The summed E-state index contributed by atoms with van der Waals surface area (Å²) in [4.78, 5) is 6.17. The predicted molar refractivity (Wildman–Crippen MR) is 104 cm³/mol. The van der Waals surface area contributed by atoms with Crippen LogP contribution < -0.4 is 19.9 Å². The molecule has 1 aromatic carbocycles. The number of nitriles is 2. The number of hydrogen-bond donors (Lipinski definition) is 2. The van der Waals surface area contributed by atoms with Crippen molar-refractivity contribution in [2.75, 3.05) is 26.4 Å². The summed E-state index contributed by atoms with van der Waals surface area (Å²) < 4.78 is 53.6. The molecule has 0 aliphatic rings. The predicted octanol–water partition coefficient (Wildman–Crippen LogP) is 0.367. The Labute approximate surface area is 185 Å². The fourth-order valence-corrected chi connectivity index (χ4v) is 2.48. The van der Waals surface area contributed by atoms with Crippen molar-refractivity contribution in [2.24, 2.45) is 0 Å². The molecule has 0 heterocycles. The zero-order valence-electron chi connectivity index (χ0n) is 15.7. The Morgan fingerprint density at radius 3 is 1.91 bits per heavy atom. The van der Waals surface area contributed by atoms with Crippen molar-refractivity contribution in [1.82, 2.24) is 0 Å². The lowest BCUT2D eigenvalue weighted by atomic mass is 10.1. The summed E-state index contributed by atoms with van der Waals surface area (Å²) >= 11 is 0.301. The first-order valence-electron chi connectivity index (χ1n) is 7.92. The molecule has 0 saturated carbocycles. The van der Waals surface area contributed by atoms with Gasteiger partial charge in [0, 0.05) is 10.4 Å². The smallest absolute Gasteiger partial charge is 0.397 e. The summed E-state index contributed by atoms with van der Waals surface area (Å²) in [5, 5.41) is 29.7. The van der Waals surface area contributed by atoms with E-state index in [0.29, 0.717) is 12.3 Å². The van der Waals surface area contributed by atoms with E-state index >= 15 is 0 Å². The molecule has 0 amide bonds. The first-order valence-corrected chi connectivity index (χ1v) is 9.96. The molecule has 0 radical (unpaired) electrons. The van der Waals surface area contributed by atoms with Gasteiger partial charge < -0.3 is 9.47 Å². The Morgan fingerprint density at radius 1 is 1.00 bits per heavy atom. The van der Waals surface area contributed by atoms with Gasteiger partial charge in [0.15, 0.2) is 12.3 Å². The van der Waals surface area contributed by atoms with E-state index in [0.717, 1.165) is 6.07 Å². The first kappa shape index (κ1) is 26.6. The van der Waals surface area contributed by atoms with Crippen LogP contribution in [0.4, 0.5) is 0 Å². The van der Waals surface area contributed by atoms with E-state index in [1.54, 1.807) is 12.1 Å². The van der Waals surface area contributed by atoms with Gasteiger partial charge in [-0.05, 0) is 12.1 Å². The van der Waals surface area contributed by atoms with E-state index in [9.17, 15) is 18.9 Å². The van der Waals surface area contributed by atoms with Crippen molar-refractivity contribution in [3.8, 4) is 23.6 Å². The van der Waals surface area contributed by atoms with E-state index in [1.807, 2.05) is 0 Å². The highest BCUT2D eigenvalue weighted by Crippen LogP contribution is 2.13. The van der Waals surface area contributed by atoms with Crippen molar-refractivity contribution >= 4 is 34.1 Å². The minimum absolute atomic E-state index is 0.0400. The molecule has 32 heavy (non-hydrogen) atoms. The minimum atomic E-state index is -4.71. The fraction of sp³-hybridized carbons (Fsp3) is 0.250. The highest BCUT2D eigenvalue weighted by Gasteiger charge is 2.12. The Bertz CT molecular complexity index is 1170. The van der Waals surface area contributed by atoms with Crippen LogP contribution in [0, 0.1) is 35.8 Å². The van der Waals surface area contributed by atoms with Crippen LogP contribution in [0.25, 0.3) is 21.1 Å². The second-order valence-electron chi connectivity index (χ2n) is 4.97. The maximum absolute atomic E-state index is 10.6. The zero-order valence-corrected chi connectivity index (χ0v) is 17.4. The summed E-state index contributed by atoms with van der Waals surface area (Å²) in [6.45, 7) is 13.0. The molecular weight excluding hydrogens is 472 g/mol. The Hall–Kier alpha value is -3.42. The van der Waals surface area contributed by atoms with Gasteiger partial charge in [-0.25, -0.2) is 29.7 Å². The van der Waals surface area contributed by atoms with Gasteiger partial charge in [-0.2, -0.15) is 8.42 Å². The summed E-state index contributed by atoms with van der Waals surface area (Å²) in [6, 6.07) is 5.69. The molecule has 0 aliphatic carbocycles. The van der Waals surface area contributed by atoms with E-state index in [2.05, 4.69) is 23.2 Å². The molecule has 0 unspecified atom stereocenters. The molecular formula is C16H12N4O10S2. The highest BCUT2D eigenvalue weighted by molar-refractivity contribution is 7.89. The third-order valence-electron chi connectivity index (χ3n) is 3.13. The average Bonchev–Trinajstić information content (AvgIpc) is 2.76. The molecule has 16 heteroatoms. The van der Waals surface area contributed by atoms with E-state index < -0.39 is 35.0 Å². The number of ether oxygens (including phenoxy) is 2. The van der Waals surface area contributed by atoms with E-state index in [1.165, 1.54) is 6.07 Å². The quantitative estimate of drug-likeness (QED) is 0.104. The van der Waals surface area contributed by atoms with Crippen LogP contribution in [-0.4, -0.2) is 44.7 Å². The number of benzene rings is 1. The molecule has 168 valence electrons. The lowest BCUT2D eigenvalue weighted by Gasteiger charge is -2.12. The second kappa shape index (κ2) is 13.8. The maximum Gasteiger partial charge on any atom is 0.397 e. The average molecular weight is 484 g/mol. The minimum Gasteiger partial charge on any atom is -0.492 e. The molecule has 1 rings (SSSR count). The monoisotopic (exact) mass is 484 g/mol. The van der Waals surface area contributed by atoms with Gasteiger partial charge in [-0.15, -0.1) is 4.33 Å². The van der Waals surface area contributed by atoms with Crippen LogP contribution in [0.3, 0.4) is 0 Å². The van der Waals surface area contributed by atoms with Gasteiger partial charge in [-0.3, -0.25) is 8.74 Å². The van der Waals surface area contributed by atoms with Gasteiger partial charge in [0.1, 0.15) is 31.3 Å². The van der Waals surface area contributed by atoms with Crippen molar-refractivity contribution in [2.45, 2.75) is 0 Å². The lowest BCUT2D eigenvalue weighted by Crippen LogP contribution is -2.22. The second-order valence-corrected chi connectivity index (χ2v) is 6.57. The lowest BCUT2D eigenvalue weighted by molar-refractivity contribution is -0.434. The van der Waals surface area contributed by atoms with E-state index in [-0.39, 0.29) is 35.2 Å². The molecule has 0 saturated heterocycles. The maximum atomic E-state index is 10.6. The Balaban J connectivity index is 3.41. The van der Waals surface area contributed by atoms with Gasteiger partial charge in [0.05, 0.1) is 31.9 Å². The topological polar surface area (TPSA) is 186 Å². The van der Waals surface area contributed by atoms with Gasteiger partial charge in [0.2, 0.25) is 0 Å². The van der Waals surface area contributed by atoms with Crippen LogP contribution in [0.15, 0.2) is 12.1 Å². The number of hydrogen-bond acceptors (Lipinski definition) is 12. The molecule has 14 nitrogen and oxygen atoms in total. The summed E-state index contributed by atoms with van der Waals surface area (Å²) in [5.41, 5.74) is -0.826. The molecule has 0 atom stereocenters. The third-order valence-corrected chi connectivity index (χ3v) is 3.97. The molecule has 0 spiro atoms. The van der Waals surface area contributed by atoms with Crippen molar-refractivity contribution in [3.63, 3.8) is 0 Å². The highest BCUT2D eigenvalue weighted by atomic mass is 32.3.